The van der Waals surface area contributed by atoms with E-state index < -0.39 is 0 Å². The molecule has 1 fully saturated rings. The summed E-state index contributed by atoms with van der Waals surface area (Å²) in [4.78, 5) is 0. The SMILES string of the molecule is CC1C=C2CC(C)CC(C2)C1. The Hall–Kier alpha value is -0.260. The number of hydrogen-bond donors (Lipinski definition) is 0. The average molecular weight is 150 g/mol. The number of fused-ring (bicyclic) bond motifs is 2. The molecule has 0 aromatic rings. The van der Waals surface area contributed by atoms with Gasteiger partial charge >= 0.3 is 0 Å². The minimum atomic E-state index is 0.872. The van der Waals surface area contributed by atoms with Crippen molar-refractivity contribution in [3.8, 4) is 0 Å². The molecule has 0 radical (unpaired) electrons. The Kier molecular flexibility index (Phi) is 1.78. The maximum Gasteiger partial charge on any atom is -0.0257 e. The highest BCUT2D eigenvalue weighted by Crippen LogP contribution is 2.40. The van der Waals surface area contributed by atoms with E-state index in [4.69, 9.17) is 0 Å². The van der Waals surface area contributed by atoms with Gasteiger partial charge in [0.05, 0.1) is 0 Å². The molecule has 0 saturated heterocycles. The molecule has 0 aromatic heterocycles. The van der Waals surface area contributed by atoms with Crippen LogP contribution in [0.1, 0.15) is 39.5 Å². The van der Waals surface area contributed by atoms with Crippen LogP contribution in [0.4, 0.5) is 0 Å². The van der Waals surface area contributed by atoms with Crippen LogP contribution >= 0.6 is 0 Å². The Morgan fingerprint density at radius 3 is 2.73 bits per heavy atom. The summed E-state index contributed by atoms with van der Waals surface area (Å²) < 4.78 is 0. The Morgan fingerprint density at radius 2 is 2.00 bits per heavy atom. The van der Waals surface area contributed by atoms with Gasteiger partial charge in [-0.3, -0.25) is 0 Å². The third kappa shape index (κ3) is 1.50. The molecule has 2 rings (SSSR count). The number of rotatable bonds is 0. The van der Waals surface area contributed by atoms with Gasteiger partial charge in [-0.2, -0.15) is 0 Å². The van der Waals surface area contributed by atoms with E-state index >= 15 is 0 Å². The molecule has 0 N–H and O–H groups in total. The fourth-order valence-corrected chi connectivity index (χ4v) is 2.95. The van der Waals surface area contributed by atoms with E-state index in [1.165, 1.54) is 25.7 Å². The van der Waals surface area contributed by atoms with Crippen molar-refractivity contribution in [2.75, 3.05) is 0 Å². The van der Waals surface area contributed by atoms with Crippen LogP contribution in [0, 0.1) is 17.8 Å². The third-order valence-electron chi connectivity index (χ3n) is 3.12. The summed E-state index contributed by atoms with van der Waals surface area (Å²) in [6, 6.07) is 0. The van der Waals surface area contributed by atoms with Gasteiger partial charge in [0.2, 0.25) is 0 Å². The Labute approximate surface area is 69.7 Å². The lowest BCUT2D eigenvalue weighted by atomic mass is 9.71. The van der Waals surface area contributed by atoms with Crippen LogP contribution in [0.25, 0.3) is 0 Å². The summed E-state index contributed by atoms with van der Waals surface area (Å²) in [5, 5.41) is 0. The van der Waals surface area contributed by atoms with Gasteiger partial charge in [-0.1, -0.05) is 25.5 Å². The van der Waals surface area contributed by atoms with Crippen LogP contribution in [-0.4, -0.2) is 0 Å². The first-order chi connectivity index (χ1) is 5.24. The van der Waals surface area contributed by atoms with Gasteiger partial charge in [0.15, 0.2) is 0 Å². The monoisotopic (exact) mass is 150 g/mol. The zero-order valence-corrected chi connectivity index (χ0v) is 7.64. The molecule has 0 heteroatoms. The second-order valence-corrected chi connectivity index (χ2v) is 4.65. The Bertz CT molecular complexity index is 178. The molecule has 3 unspecified atom stereocenters. The predicted molar refractivity (Wildman–Crippen MR) is 48.4 cm³/mol. The summed E-state index contributed by atoms with van der Waals surface area (Å²) in [5.74, 6) is 2.87. The lowest BCUT2D eigenvalue weighted by molar-refractivity contribution is 0.279. The largest absolute Gasteiger partial charge is 0.0825 e. The molecule has 0 heterocycles. The van der Waals surface area contributed by atoms with E-state index in [-0.39, 0.29) is 0 Å². The highest BCUT2D eigenvalue weighted by Gasteiger charge is 2.26. The Balaban J connectivity index is 2.15. The first-order valence-corrected chi connectivity index (χ1v) is 4.93. The highest BCUT2D eigenvalue weighted by atomic mass is 14.3. The number of hydrogen-bond acceptors (Lipinski definition) is 0. The van der Waals surface area contributed by atoms with E-state index in [2.05, 4.69) is 19.9 Å². The summed E-state index contributed by atoms with van der Waals surface area (Å²) in [6.45, 7) is 4.76. The van der Waals surface area contributed by atoms with Gasteiger partial charge in [-0.25, -0.2) is 0 Å². The summed E-state index contributed by atoms with van der Waals surface area (Å²) >= 11 is 0. The van der Waals surface area contributed by atoms with Gasteiger partial charge < -0.3 is 0 Å². The first kappa shape index (κ1) is 7.39. The van der Waals surface area contributed by atoms with Crippen molar-refractivity contribution in [3.05, 3.63) is 11.6 Å². The molecular weight excluding hydrogens is 132 g/mol. The smallest absolute Gasteiger partial charge is 0.0257 e. The average Bonchev–Trinajstić information content (AvgIpc) is 1.82. The van der Waals surface area contributed by atoms with Crippen molar-refractivity contribution in [2.45, 2.75) is 39.5 Å². The zero-order valence-electron chi connectivity index (χ0n) is 7.64. The molecule has 11 heavy (non-hydrogen) atoms. The molecule has 0 aromatic carbocycles. The minimum Gasteiger partial charge on any atom is -0.0825 e. The van der Waals surface area contributed by atoms with Crippen molar-refractivity contribution >= 4 is 0 Å². The zero-order chi connectivity index (χ0) is 7.84. The summed E-state index contributed by atoms with van der Waals surface area (Å²) in [6.07, 6.45) is 8.28. The van der Waals surface area contributed by atoms with Crippen LogP contribution in [0.3, 0.4) is 0 Å². The molecule has 62 valence electrons. The van der Waals surface area contributed by atoms with E-state index in [0.717, 1.165) is 17.8 Å². The topological polar surface area (TPSA) is 0 Å². The quantitative estimate of drug-likeness (QED) is 0.464. The van der Waals surface area contributed by atoms with Gasteiger partial charge in [0.1, 0.15) is 0 Å². The van der Waals surface area contributed by atoms with Crippen molar-refractivity contribution in [1.29, 1.82) is 0 Å². The van der Waals surface area contributed by atoms with E-state index in [1.54, 1.807) is 5.57 Å². The minimum absolute atomic E-state index is 0.872. The van der Waals surface area contributed by atoms with Crippen LogP contribution < -0.4 is 0 Å². The first-order valence-electron chi connectivity index (χ1n) is 4.93. The summed E-state index contributed by atoms with van der Waals surface area (Å²) in [5.41, 5.74) is 1.76. The predicted octanol–water partition coefficient (Wildman–Crippen LogP) is 3.39. The fourth-order valence-electron chi connectivity index (χ4n) is 2.95. The van der Waals surface area contributed by atoms with Crippen LogP contribution in [0.2, 0.25) is 0 Å². The van der Waals surface area contributed by atoms with Gasteiger partial charge in [-0.05, 0) is 43.4 Å². The van der Waals surface area contributed by atoms with E-state index in [0.29, 0.717) is 0 Å². The van der Waals surface area contributed by atoms with Crippen LogP contribution in [-0.2, 0) is 0 Å². The number of allylic oxidation sites excluding steroid dienone is 2. The maximum atomic E-state index is 2.52. The van der Waals surface area contributed by atoms with Crippen molar-refractivity contribution in [3.63, 3.8) is 0 Å². The lowest BCUT2D eigenvalue weighted by Gasteiger charge is -2.34. The van der Waals surface area contributed by atoms with E-state index in [1.807, 2.05) is 0 Å². The molecular formula is C11H18. The van der Waals surface area contributed by atoms with E-state index in [9.17, 15) is 0 Å². The van der Waals surface area contributed by atoms with Crippen molar-refractivity contribution in [2.24, 2.45) is 17.8 Å². The van der Waals surface area contributed by atoms with Gasteiger partial charge in [-0.15, -0.1) is 0 Å². The fraction of sp³-hybridized carbons (Fsp3) is 0.818. The van der Waals surface area contributed by atoms with Crippen molar-refractivity contribution in [1.82, 2.24) is 0 Å². The van der Waals surface area contributed by atoms with Crippen molar-refractivity contribution < 1.29 is 0 Å². The molecule has 0 spiro atoms. The standard InChI is InChI=1S/C11H18/c1-8-3-10-5-9(2)6-11(4-8)7-10/h3,8-9,11H,4-7H2,1-2H3. The molecule has 1 saturated carbocycles. The summed E-state index contributed by atoms with van der Waals surface area (Å²) in [7, 11) is 0. The van der Waals surface area contributed by atoms with Crippen LogP contribution in [0.15, 0.2) is 11.6 Å². The molecule has 0 aliphatic heterocycles. The highest BCUT2D eigenvalue weighted by molar-refractivity contribution is 5.12. The normalized spacial score (nSPS) is 43.5. The van der Waals surface area contributed by atoms with Gasteiger partial charge in [0.25, 0.3) is 0 Å². The molecule has 3 atom stereocenters. The molecule has 2 aliphatic rings. The second kappa shape index (κ2) is 2.66. The van der Waals surface area contributed by atoms with Crippen LogP contribution in [0.5, 0.6) is 0 Å². The second-order valence-electron chi connectivity index (χ2n) is 4.65. The third-order valence-corrected chi connectivity index (χ3v) is 3.12. The Morgan fingerprint density at radius 1 is 1.18 bits per heavy atom. The van der Waals surface area contributed by atoms with Gasteiger partial charge in [0, 0.05) is 0 Å². The molecule has 0 amide bonds. The molecule has 0 nitrogen and oxygen atoms in total. The maximum absolute atomic E-state index is 2.52. The molecule has 2 aliphatic carbocycles. The molecule has 2 bridgehead atoms. The lowest BCUT2D eigenvalue weighted by Crippen LogP contribution is -2.21.